The van der Waals surface area contributed by atoms with Gasteiger partial charge in [-0.2, -0.15) is 0 Å². The molecule has 1 heterocycles. The summed E-state index contributed by atoms with van der Waals surface area (Å²) < 4.78 is 44.7. The van der Waals surface area contributed by atoms with E-state index in [1.165, 1.54) is 30.5 Å². The number of rotatable bonds is 6. The highest BCUT2D eigenvalue weighted by Gasteiger charge is 2.30. The fourth-order valence-electron chi connectivity index (χ4n) is 1.66. The molecule has 0 amide bonds. The quantitative estimate of drug-likeness (QED) is 0.823. The largest absolute Gasteiger partial charge is 0.573 e. The lowest BCUT2D eigenvalue weighted by molar-refractivity contribution is -0.274. The summed E-state index contributed by atoms with van der Waals surface area (Å²) in [7, 11) is 0. The van der Waals surface area contributed by atoms with Crippen molar-refractivity contribution in [2.24, 2.45) is 0 Å². The Kier molecular flexibility index (Phi) is 4.52. The number of ketones is 1. The Morgan fingerprint density at radius 2 is 1.90 bits per heavy atom. The number of alkyl halides is 3. The van der Waals surface area contributed by atoms with Crippen LogP contribution in [0.3, 0.4) is 0 Å². The minimum atomic E-state index is -4.70. The molecule has 0 aliphatic heterocycles. The van der Waals surface area contributed by atoms with Gasteiger partial charge in [-0.05, 0) is 36.4 Å². The molecule has 0 aliphatic carbocycles. The van der Waals surface area contributed by atoms with Gasteiger partial charge in [-0.15, -0.1) is 13.2 Å². The highest BCUT2D eigenvalue weighted by molar-refractivity contribution is 5.93. The highest BCUT2D eigenvalue weighted by atomic mass is 19.4. The first-order valence-corrected chi connectivity index (χ1v) is 6.10. The number of Topliss-reactive ketones (excluding diaryl/α,β-unsaturated/α-hetero) is 1. The van der Waals surface area contributed by atoms with E-state index in [1.54, 1.807) is 12.1 Å². The van der Waals surface area contributed by atoms with Crippen LogP contribution in [0.4, 0.5) is 18.9 Å². The lowest BCUT2D eigenvalue weighted by atomic mass is 10.2. The van der Waals surface area contributed by atoms with E-state index < -0.39 is 6.36 Å². The minimum Gasteiger partial charge on any atom is -0.461 e. The van der Waals surface area contributed by atoms with Crippen molar-refractivity contribution in [3.63, 3.8) is 0 Å². The number of anilines is 1. The molecule has 0 spiro atoms. The number of carbonyl (C=O) groups is 1. The van der Waals surface area contributed by atoms with Crippen molar-refractivity contribution < 1.29 is 27.1 Å². The molecule has 2 aromatic rings. The van der Waals surface area contributed by atoms with Gasteiger partial charge in [0.25, 0.3) is 0 Å². The molecule has 1 aromatic carbocycles. The second-order valence-electron chi connectivity index (χ2n) is 4.15. The molecule has 0 radical (unpaired) electrons. The minimum absolute atomic E-state index is 0.149. The molecule has 0 unspecified atom stereocenters. The lowest BCUT2D eigenvalue weighted by Gasteiger charge is -2.10. The van der Waals surface area contributed by atoms with Crippen LogP contribution in [0.1, 0.15) is 17.0 Å². The topological polar surface area (TPSA) is 51.5 Å². The van der Waals surface area contributed by atoms with E-state index >= 15 is 0 Å². The number of ether oxygens (including phenoxy) is 1. The summed E-state index contributed by atoms with van der Waals surface area (Å²) in [5.41, 5.74) is 0.594. The summed E-state index contributed by atoms with van der Waals surface area (Å²) in [5.74, 6) is -0.157. The molecule has 0 saturated carbocycles. The molecule has 0 bridgehead atoms. The molecule has 0 atom stereocenters. The number of benzene rings is 1. The predicted molar refractivity (Wildman–Crippen MR) is 69.3 cm³/mol. The van der Waals surface area contributed by atoms with E-state index in [4.69, 9.17) is 4.42 Å². The number of hydrogen-bond donors (Lipinski definition) is 1. The number of furan rings is 1. The third-order valence-corrected chi connectivity index (χ3v) is 2.57. The summed E-state index contributed by atoms with van der Waals surface area (Å²) >= 11 is 0. The molecular formula is C14H12F3NO3. The van der Waals surface area contributed by atoms with E-state index in [-0.39, 0.29) is 23.7 Å². The lowest BCUT2D eigenvalue weighted by Crippen LogP contribution is -2.17. The monoisotopic (exact) mass is 299 g/mol. The van der Waals surface area contributed by atoms with Gasteiger partial charge in [0, 0.05) is 18.7 Å². The molecule has 0 saturated heterocycles. The third kappa shape index (κ3) is 4.87. The Balaban J connectivity index is 1.80. The first kappa shape index (κ1) is 15.0. The average Bonchev–Trinajstić information content (AvgIpc) is 2.93. The van der Waals surface area contributed by atoms with Gasteiger partial charge in [-0.1, -0.05) is 0 Å². The van der Waals surface area contributed by atoms with Gasteiger partial charge in [0.05, 0.1) is 6.26 Å². The molecule has 1 aromatic heterocycles. The summed E-state index contributed by atoms with van der Waals surface area (Å²) in [6, 6.07) is 8.48. The number of carbonyl (C=O) groups excluding carboxylic acids is 1. The molecular weight excluding hydrogens is 287 g/mol. The summed E-state index contributed by atoms with van der Waals surface area (Å²) in [6.45, 7) is 0.346. The Bertz CT molecular complexity index is 577. The Hall–Kier alpha value is -2.44. The van der Waals surface area contributed by atoms with Gasteiger partial charge in [-0.25, -0.2) is 0 Å². The van der Waals surface area contributed by atoms with Crippen LogP contribution >= 0.6 is 0 Å². The van der Waals surface area contributed by atoms with Crippen LogP contribution in [-0.2, 0) is 0 Å². The highest BCUT2D eigenvalue weighted by Crippen LogP contribution is 2.23. The fourth-order valence-corrected chi connectivity index (χ4v) is 1.66. The molecule has 7 heteroatoms. The number of hydrogen-bond acceptors (Lipinski definition) is 4. The van der Waals surface area contributed by atoms with E-state index in [0.29, 0.717) is 12.2 Å². The third-order valence-electron chi connectivity index (χ3n) is 2.57. The molecule has 21 heavy (non-hydrogen) atoms. The van der Waals surface area contributed by atoms with Crippen molar-refractivity contribution in [1.82, 2.24) is 0 Å². The number of halogens is 3. The maximum Gasteiger partial charge on any atom is 0.573 e. The first-order valence-electron chi connectivity index (χ1n) is 6.10. The SMILES string of the molecule is O=C(CCNc1ccc(OC(F)(F)F)cc1)c1ccco1. The van der Waals surface area contributed by atoms with Crippen LogP contribution < -0.4 is 10.1 Å². The van der Waals surface area contributed by atoms with Gasteiger partial charge in [0.1, 0.15) is 5.75 Å². The molecule has 1 N–H and O–H groups in total. The predicted octanol–water partition coefficient (Wildman–Crippen LogP) is 3.86. The standard InChI is InChI=1S/C14H12F3NO3/c15-14(16,17)21-11-5-3-10(4-6-11)18-8-7-12(19)13-2-1-9-20-13/h1-6,9,18H,7-8H2. The van der Waals surface area contributed by atoms with E-state index in [2.05, 4.69) is 10.1 Å². The maximum absolute atomic E-state index is 12.0. The number of nitrogens with one attached hydrogen (secondary N) is 1. The van der Waals surface area contributed by atoms with Crippen molar-refractivity contribution in [2.75, 3.05) is 11.9 Å². The van der Waals surface area contributed by atoms with Crippen LogP contribution in [0.5, 0.6) is 5.75 Å². The second-order valence-corrected chi connectivity index (χ2v) is 4.15. The van der Waals surface area contributed by atoms with E-state index in [0.717, 1.165) is 0 Å². The van der Waals surface area contributed by atoms with Gasteiger partial charge < -0.3 is 14.5 Å². The summed E-state index contributed by atoms with van der Waals surface area (Å²) in [4.78, 5) is 11.6. The van der Waals surface area contributed by atoms with E-state index in [1.807, 2.05) is 0 Å². The molecule has 0 aliphatic rings. The Labute approximate surface area is 118 Å². The zero-order valence-corrected chi connectivity index (χ0v) is 10.8. The maximum atomic E-state index is 12.0. The zero-order chi connectivity index (χ0) is 15.3. The summed E-state index contributed by atoms with van der Waals surface area (Å²) in [6.07, 6.45) is -3.07. The van der Waals surface area contributed by atoms with E-state index in [9.17, 15) is 18.0 Å². The van der Waals surface area contributed by atoms with Crippen LogP contribution in [0.15, 0.2) is 47.1 Å². The normalized spacial score (nSPS) is 11.2. The molecule has 4 nitrogen and oxygen atoms in total. The second kappa shape index (κ2) is 6.34. The Morgan fingerprint density at radius 1 is 1.19 bits per heavy atom. The molecule has 2 rings (SSSR count). The van der Waals surface area contributed by atoms with Gasteiger partial charge in [0.15, 0.2) is 11.5 Å². The van der Waals surface area contributed by atoms with Crippen LogP contribution in [0, 0.1) is 0 Å². The van der Waals surface area contributed by atoms with Gasteiger partial charge in [0.2, 0.25) is 0 Å². The van der Waals surface area contributed by atoms with Gasteiger partial charge >= 0.3 is 6.36 Å². The fraction of sp³-hybridized carbons (Fsp3) is 0.214. The van der Waals surface area contributed by atoms with Crippen molar-refractivity contribution >= 4 is 11.5 Å². The molecule has 112 valence electrons. The average molecular weight is 299 g/mol. The van der Waals surface area contributed by atoms with Crippen LogP contribution in [0.25, 0.3) is 0 Å². The smallest absolute Gasteiger partial charge is 0.461 e. The molecule has 0 fully saturated rings. The van der Waals surface area contributed by atoms with Crippen LogP contribution in [-0.4, -0.2) is 18.7 Å². The van der Waals surface area contributed by atoms with Crippen molar-refractivity contribution in [3.05, 3.63) is 48.4 Å². The summed E-state index contributed by atoms with van der Waals surface area (Å²) in [5, 5.41) is 2.93. The van der Waals surface area contributed by atoms with Crippen LogP contribution in [0.2, 0.25) is 0 Å². The first-order chi connectivity index (χ1) is 9.94. The Morgan fingerprint density at radius 3 is 2.48 bits per heavy atom. The van der Waals surface area contributed by atoms with Crippen molar-refractivity contribution in [1.29, 1.82) is 0 Å². The van der Waals surface area contributed by atoms with Crippen molar-refractivity contribution in [3.8, 4) is 5.75 Å². The zero-order valence-electron chi connectivity index (χ0n) is 10.8. The van der Waals surface area contributed by atoms with Crippen molar-refractivity contribution in [2.45, 2.75) is 12.8 Å². The van der Waals surface area contributed by atoms with Gasteiger partial charge in [-0.3, -0.25) is 4.79 Å².